The van der Waals surface area contributed by atoms with Crippen LogP contribution in [0.2, 0.25) is 0 Å². The average Bonchev–Trinajstić information content (AvgIpc) is 2.74. The second-order valence-corrected chi connectivity index (χ2v) is 8.53. The van der Waals surface area contributed by atoms with Crippen LogP contribution in [0.25, 0.3) is 11.1 Å². The lowest BCUT2D eigenvalue weighted by molar-refractivity contribution is 0.197. The second kappa shape index (κ2) is 10.0. The lowest BCUT2D eigenvalue weighted by Crippen LogP contribution is -2.13. The molecule has 1 aliphatic rings. The smallest absolute Gasteiger partial charge is 0.166 e. The molecule has 1 saturated carbocycles. The van der Waals surface area contributed by atoms with Crippen molar-refractivity contribution in [1.82, 2.24) is 0 Å². The van der Waals surface area contributed by atoms with Gasteiger partial charge in [-0.05, 0) is 54.4 Å². The molecule has 0 amide bonds. The van der Waals surface area contributed by atoms with Crippen molar-refractivity contribution in [2.75, 3.05) is 0 Å². The normalized spacial score (nSPS) is 19.2. The Labute approximate surface area is 182 Å². The summed E-state index contributed by atoms with van der Waals surface area (Å²) in [4.78, 5) is 0. The van der Waals surface area contributed by atoms with Crippen LogP contribution in [0.15, 0.2) is 72.8 Å². The first-order chi connectivity index (χ1) is 14.8. The van der Waals surface area contributed by atoms with Crippen LogP contribution in [0, 0.1) is 17.6 Å². The van der Waals surface area contributed by atoms with Crippen LogP contribution in [0.4, 0.5) is 13.2 Å². The number of halogens is 3. The van der Waals surface area contributed by atoms with Crippen molar-refractivity contribution >= 4 is 0 Å². The standard InChI is InChI=1S/C27H29F3O/c1-17(2)15-25(28)19(4)31-16-20-7-11-22(12-8-20)24-14-13-23(26(29)27(24)30)21-9-5-18(3)6-10-21/h7-8,11-15,18,21H,1,4-6,9-10,16H2,2-3H3/b25-15+. The van der Waals surface area contributed by atoms with Crippen LogP contribution >= 0.6 is 0 Å². The summed E-state index contributed by atoms with van der Waals surface area (Å²) in [6.45, 7) is 11.2. The van der Waals surface area contributed by atoms with Gasteiger partial charge in [0, 0.05) is 5.56 Å². The van der Waals surface area contributed by atoms with E-state index in [1.807, 2.05) is 0 Å². The zero-order valence-corrected chi connectivity index (χ0v) is 18.2. The Hall–Kier alpha value is -2.75. The van der Waals surface area contributed by atoms with Gasteiger partial charge in [0.15, 0.2) is 17.5 Å². The second-order valence-electron chi connectivity index (χ2n) is 8.53. The summed E-state index contributed by atoms with van der Waals surface area (Å²) < 4.78 is 48.9. The molecule has 0 saturated heterocycles. The molecule has 0 N–H and O–H groups in total. The van der Waals surface area contributed by atoms with Crippen molar-refractivity contribution < 1.29 is 17.9 Å². The van der Waals surface area contributed by atoms with Crippen LogP contribution in [-0.4, -0.2) is 0 Å². The van der Waals surface area contributed by atoms with Gasteiger partial charge in [-0.15, -0.1) is 0 Å². The molecule has 4 heteroatoms. The molecule has 0 radical (unpaired) electrons. The highest BCUT2D eigenvalue weighted by Gasteiger charge is 2.25. The molecule has 0 bridgehead atoms. The highest BCUT2D eigenvalue weighted by molar-refractivity contribution is 5.65. The third kappa shape index (κ3) is 5.69. The number of ether oxygens (including phenoxy) is 1. The lowest BCUT2D eigenvalue weighted by atomic mass is 9.79. The van der Waals surface area contributed by atoms with Gasteiger partial charge >= 0.3 is 0 Å². The Kier molecular flexibility index (Phi) is 7.42. The van der Waals surface area contributed by atoms with E-state index in [-0.39, 0.29) is 23.8 Å². The van der Waals surface area contributed by atoms with Crippen molar-refractivity contribution in [3.05, 3.63) is 95.6 Å². The lowest BCUT2D eigenvalue weighted by Gasteiger charge is -2.27. The SMILES string of the molecule is C=C(C)/C=C(/F)C(=C)OCc1ccc(-c2ccc(C3CCC(C)CC3)c(F)c2F)cc1. The molecule has 1 nitrogen and oxygen atoms in total. The zero-order valence-electron chi connectivity index (χ0n) is 18.2. The van der Waals surface area contributed by atoms with E-state index in [4.69, 9.17) is 4.74 Å². The van der Waals surface area contributed by atoms with Crippen molar-refractivity contribution in [2.24, 2.45) is 5.92 Å². The van der Waals surface area contributed by atoms with E-state index < -0.39 is 17.5 Å². The molecule has 3 rings (SSSR count). The third-order valence-electron chi connectivity index (χ3n) is 5.89. The molecule has 1 fully saturated rings. The van der Waals surface area contributed by atoms with Crippen LogP contribution in [0.5, 0.6) is 0 Å². The summed E-state index contributed by atoms with van der Waals surface area (Å²) in [5, 5.41) is 0. The Bertz CT molecular complexity index is 980. The molecule has 2 aromatic carbocycles. The monoisotopic (exact) mass is 426 g/mol. The first-order valence-electron chi connectivity index (χ1n) is 10.7. The minimum atomic E-state index is -0.805. The number of benzene rings is 2. The van der Waals surface area contributed by atoms with Gasteiger partial charge in [-0.1, -0.05) is 74.9 Å². The summed E-state index contributed by atoms with van der Waals surface area (Å²) in [6.07, 6.45) is 5.16. The predicted molar refractivity (Wildman–Crippen MR) is 120 cm³/mol. The van der Waals surface area contributed by atoms with Crippen molar-refractivity contribution in [2.45, 2.75) is 52.1 Å². The molecule has 2 aromatic rings. The maximum Gasteiger partial charge on any atom is 0.166 e. The Morgan fingerprint density at radius 1 is 1.00 bits per heavy atom. The summed E-state index contributed by atoms with van der Waals surface area (Å²) >= 11 is 0. The van der Waals surface area contributed by atoms with Gasteiger partial charge in [0.2, 0.25) is 0 Å². The van der Waals surface area contributed by atoms with E-state index >= 15 is 0 Å². The first-order valence-corrected chi connectivity index (χ1v) is 10.7. The first kappa shape index (κ1) is 22.9. The maximum atomic E-state index is 14.9. The third-order valence-corrected chi connectivity index (χ3v) is 5.89. The van der Waals surface area contributed by atoms with E-state index in [1.54, 1.807) is 43.3 Å². The Morgan fingerprint density at radius 2 is 1.65 bits per heavy atom. The molecular formula is C27H29F3O. The minimum Gasteiger partial charge on any atom is -0.486 e. The Balaban J connectivity index is 1.70. The molecule has 0 atom stereocenters. The quantitative estimate of drug-likeness (QED) is 0.319. The highest BCUT2D eigenvalue weighted by Crippen LogP contribution is 2.38. The van der Waals surface area contributed by atoms with Gasteiger partial charge in [-0.2, -0.15) is 0 Å². The van der Waals surface area contributed by atoms with E-state index in [0.717, 1.165) is 31.2 Å². The number of hydrogen-bond acceptors (Lipinski definition) is 1. The largest absolute Gasteiger partial charge is 0.486 e. The van der Waals surface area contributed by atoms with E-state index in [1.165, 1.54) is 6.08 Å². The summed E-state index contributed by atoms with van der Waals surface area (Å²) in [6, 6.07) is 10.3. The Morgan fingerprint density at radius 3 is 2.26 bits per heavy atom. The van der Waals surface area contributed by atoms with E-state index in [9.17, 15) is 13.2 Å². The van der Waals surface area contributed by atoms with Gasteiger partial charge in [0.1, 0.15) is 12.4 Å². The summed E-state index contributed by atoms with van der Waals surface area (Å²) in [5.41, 5.74) is 2.63. The predicted octanol–water partition coefficient (Wildman–Crippen LogP) is 8.39. The van der Waals surface area contributed by atoms with Gasteiger partial charge in [-0.3, -0.25) is 0 Å². The van der Waals surface area contributed by atoms with Crippen LogP contribution in [0.3, 0.4) is 0 Å². The van der Waals surface area contributed by atoms with E-state index in [2.05, 4.69) is 20.1 Å². The van der Waals surface area contributed by atoms with Crippen LogP contribution in [-0.2, 0) is 11.3 Å². The van der Waals surface area contributed by atoms with Crippen molar-refractivity contribution in [1.29, 1.82) is 0 Å². The average molecular weight is 427 g/mol. The fraction of sp³-hybridized carbons (Fsp3) is 0.333. The number of allylic oxidation sites excluding steroid dienone is 3. The molecule has 0 heterocycles. The fourth-order valence-electron chi connectivity index (χ4n) is 3.99. The molecule has 0 aromatic heterocycles. The fourth-order valence-corrected chi connectivity index (χ4v) is 3.99. The number of rotatable bonds is 7. The van der Waals surface area contributed by atoms with E-state index in [0.29, 0.717) is 22.6 Å². The van der Waals surface area contributed by atoms with Gasteiger partial charge in [0.25, 0.3) is 0 Å². The maximum absolute atomic E-state index is 14.9. The molecule has 0 aliphatic heterocycles. The zero-order chi connectivity index (χ0) is 22.5. The minimum absolute atomic E-state index is 0.0760. The summed E-state index contributed by atoms with van der Waals surface area (Å²) in [5.74, 6) is -1.45. The van der Waals surface area contributed by atoms with Crippen molar-refractivity contribution in [3.8, 4) is 11.1 Å². The van der Waals surface area contributed by atoms with Gasteiger partial charge in [0.05, 0.1) is 0 Å². The molecule has 1 aliphatic carbocycles. The summed E-state index contributed by atoms with van der Waals surface area (Å²) in [7, 11) is 0. The molecule has 0 unspecified atom stereocenters. The van der Waals surface area contributed by atoms with Crippen molar-refractivity contribution in [3.63, 3.8) is 0 Å². The van der Waals surface area contributed by atoms with Gasteiger partial charge in [-0.25, -0.2) is 13.2 Å². The molecular weight excluding hydrogens is 397 g/mol. The topological polar surface area (TPSA) is 9.23 Å². The van der Waals surface area contributed by atoms with Gasteiger partial charge < -0.3 is 4.74 Å². The van der Waals surface area contributed by atoms with Crippen LogP contribution in [0.1, 0.15) is 56.6 Å². The van der Waals surface area contributed by atoms with Crippen LogP contribution < -0.4 is 0 Å². The molecule has 31 heavy (non-hydrogen) atoms. The number of hydrogen-bond donors (Lipinski definition) is 0. The highest BCUT2D eigenvalue weighted by atomic mass is 19.2. The molecule has 164 valence electrons. The molecule has 0 spiro atoms.